The van der Waals surface area contributed by atoms with E-state index in [1.165, 1.54) is 24.3 Å². The lowest BCUT2D eigenvalue weighted by molar-refractivity contribution is 0.0950. The van der Waals surface area contributed by atoms with E-state index >= 15 is 0 Å². The monoisotopic (exact) mass is 383 g/mol. The molecule has 2 aromatic rings. The lowest BCUT2D eigenvalue weighted by Crippen LogP contribution is -2.26. The molecule has 4 nitrogen and oxygen atoms in total. The van der Waals surface area contributed by atoms with Gasteiger partial charge >= 0.3 is 0 Å². The normalized spacial score (nSPS) is 19.8. The Balaban J connectivity index is 1.65. The fourth-order valence-corrected chi connectivity index (χ4v) is 3.51. The number of carbonyl (C=O) groups is 1. The second kappa shape index (κ2) is 6.39. The van der Waals surface area contributed by atoms with Gasteiger partial charge in [0.1, 0.15) is 0 Å². The van der Waals surface area contributed by atoms with E-state index in [0.29, 0.717) is 15.6 Å². The molecule has 0 unspecified atom stereocenters. The maximum Gasteiger partial charge on any atom is 0.251 e. The van der Waals surface area contributed by atoms with Crippen LogP contribution in [-0.2, 0) is 9.84 Å². The van der Waals surface area contributed by atoms with Gasteiger partial charge in [0.05, 0.1) is 14.9 Å². The van der Waals surface area contributed by atoms with Crippen LogP contribution in [0.4, 0.5) is 0 Å². The Bertz CT molecular complexity index is 895. The molecule has 0 radical (unpaired) electrons. The molecule has 24 heavy (non-hydrogen) atoms. The third-order valence-electron chi connectivity index (χ3n) is 4.02. The number of halogens is 2. The van der Waals surface area contributed by atoms with Crippen molar-refractivity contribution in [2.75, 3.05) is 6.26 Å². The SMILES string of the molecule is CS(=O)(=O)c1ccc(C(=O)N[C@@H]2C[C@H]2c2ccc(Cl)c(Cl)c2)cc1. The zero-order valence-electron chi connectivity index (χ0n) is 12.8. The second-order valence-electron chi connectivity index (χ2n) is 5.89. The summed E-state index contributed by atoms with van der Waals surface area (Å²) in [4.78, 5) is 12.4. The highest BCUT2D eigenvalue weighted by molar-refractivity contribution is 7.90. The maximum atomic E-state index is 12.2. The molecule has 0 saturated heterocycles. The van der Waals surface area contributed by atoms with Gasteiger partial charge in [0.2, 0.25) is 0 Å². The van der Waals surface area contributed by atoms with E-state index in [0.717, 1.165) is 18.2 Å². The predicted molar refractivity (Wildman–Crippen MR) is 94.6 cm³/mol. The van der Waals surface area contributed by atoms with Crippen molar-refractivity contribution in [3.63, 3.8) is 0 Å². The van der Waals surface area contributed by atoms with E-state index in [9.17, 15) is 13.2 Å². The third-order valence-corrected chi connectivity index (χ3v) is 5.89. The molecule has 1 aliphatic rings. The molecule has 1 saturated carbocycles. The first-order valence-electron chi connectivity index (χ1n) is 7.31. The Morgan fingerprint density at radius 2 is 1.75 bits per heavy atom. The smallest absolute Gasteiger partial charge is 0.251 e. The summed E-state index contributed by atoms with van der Waals surface area (Å²) in [5.41, 5.74) is 1.48. The number of rotatable bonds is 4. The standard InChI is InChI=1S/C17H15Cl2NO3S/c1-24(22,23)12-5-2-10(3-6-12)17(21)20-16-9-13(16)11-4-7-14(18)15(19)8-11/h2-8,13,16H,9H2,1H3,(H,20,21)/t13-,16+/m0/s1. The Hall–Kier alpha value is -1.56. The fraction of sp³-hybridized carbons (Fsp3) is 0.235. The summed E-state index contributed by atoms with van der Waals surface area (Å²) in [5.74, 6) is 0.00150. The van der Waals surface area contributed by atoms with Crippen molar-refractivity contribution in [2.45, 2.75) is 23.3 Å². The first-order chi connectivity index (χ1) is 11.3. The molecule has 1 amide bonds. The molecule has 3 rings (SSSR count). The van der Waals surface area contributed by atoms with Crippen LogP contribution in [0.15, 0.2) is 47.4 Å². The van der Waals surface area contributed by atoms with Crippen molar-refractivity contribution in [2.24, 2.45) is 0 Å². The van der Waals surface area contributed by atoms with Gasteiger partial charge in [0.25, 0.3) is 5.91 Å². The molecular formula is C17H15Cl2NO3S. The Morgan fingerprint density at radius 1 is 1.08 bits per heavy atom. The molecule has 7 heteroatoms. The highest BCUT2D eigenvalue weighted by Gasteiger charge is 2.39. The molecule has 2 atom stereocenters. The van der Waals surface area contributed by atoms with Gasteiger partial charge in [-0.15, -0.1) is 0 Å². The fourth-order valence-electron chi connectivity index (χ4n) is 2.57. The van der Waals surface area contributed by atoms with E-state index in [1.807, 2.05) is 12.1 Å². The molecule has 1 aliphatic carbocycles. The van der Waals surface area contributed by atoms with Gasteiger partial charge in [0.15, 0.2) is 9.84 Å². The molecule has 0 aromatic heterocycles. The average Bonchev–Trinajstić information content (AvgIpc) is 3.28. The minimum Gasteiger partial charge on any atom is -0.349 e. The van der Waals surface area contributed by atoms with Crippen molar-refractivity contribution in [1.82, 2.24) is 5.32 Å². The van der Waals surface area contributed by atoms with Gasteiger partial charge in [-0.05, 0) is 48.4 Å². The predicted octanol–water partition coefficient (Wildman–Crippen LogP) is 3.68. The van der Waals surface area contributed by atoms with Crippen LogP contribution in [-0.4, -0.2) is 26.6 Å². The minimum atomic E-state index is -3.26. The number of hydrogen-bond donors (Lipinski definition) is 1. The van der Waals surface area contributed by atoms with Crippen molar-refractivity contribution in [3.05, 3.63) is 63.6 Å². The van der Waals surface area contributed by atoms with Crippen LogP contribution in [0.1, 0.15) is 28.3 Å². The first-order valence-corrected chi connectivity index (χ1v) is 9.96. The van der Waals surface area contributed by atoms with Crippen LogP contribution in [0.5, 0.6) is 0 Å². The number of benzene rings is 2. The number of sulfone groups is 1. The summed E-state index contributed by atoms with van der Waals surface area (Å²) in [6.07, 6.45) is 1.97. The molecule has 0 aliphatic heterocycles. The average molecular weight is 384 g/mol. The molecule has 0 bridgehead atoms. The molecular weight excluding hydrogens is 369 g/mol. The number of nitrogens with one attached hydrogen (secondary N) is 1. The van der Waals surface area contributed by atoms with Crippen LogP contribution in [0, 0.1) is 0 Å². The first kappa shape index (κ1) is 17.3. The van der Waals surface area contributed by atoms with Crippen molar-refractivity contribution < 1.29 is 13.2 Å². The van der Waals surface area contributed by atoms with Gasteiger partial charge in [-0.2, -0.15) is 0 Å². The summed E-state index contributed by atoms with van der Waals surface area (Å²) in [6.45, 7) is 0. The lowest BCUT2D eigenvalue weighted by Gasteiger charge is -2.06. The Labute approximate surface area is 150 Å². The lowest BCUT2D eigenvalue weighted by atomic mass is 10.1. The van der Waals surface area contributed by atoms with Crippen molar-refractivity contribution in [1.29, 1.82) is 0 Å². The number of amides is 1. The zero-order valence-corrected chi connectivity index (χ0v) is 15.1. The Kier molecular flexibility index (Phi) is 4.60. The van der Waals surface area contributed by atoms with Crippen molar-refractivity contribution >= 4 is 38.9 Å². The summed E-state index contributed by atoms with van der Waals surface area (Å²) in [5, 5.41) is 3.96. The second-order valence-corrected chi connectivity index (χ2v) is 8.72. The van der Waals surface area contributed by atoms with Crippen LogP contribution in [0.25, 0.3) is 0 Å². The molecule has 1 fully saturated rings. The van der Waals surface area contributed by atoms with Crippen LogP contribution < -0.4 is 5.32 Å². The van der Waals surface area contributed by atoms with E-state index in [2.05, 4.69) is 5.32 Å². The van der Waals surface area contributed by atoms with E-state index in [1.54, 1.807) is 6.07 Å². The minimum absolute atomic E-state index is 0.0457. The van der Waals surface area contributed by atoms with Gasteiger partial charge in [0, 0.05) is 23.8 Å². The quantitative estimate of drug-likeness (QED) is 0.875. The Morgan fingerprint density at radius 3 is 2.33 bits per heavy atom. The number of hydrogen-bond acceptors (Lipinski definition) is 3. The highest BCUT2D eigenvalue weighted by Crippen LogP contribution is 2.42. The third kappa shape index (κ3) is 3.74. The van der Waals surface area contributed by atoms with Gasteiger partial charge in [-0.25, -0.2) is 8.42 Å². The zero-order chi connectivity index (χ0) is 17.5. The molecule has 1 N–H and O–H groups in total. The van der Waals surface area contributed by atoms with E-state index in [-0.39, 0.29) is 22.8 Å². The van der Waals surface area contributed by atoms with Crippen LogP contribution in [0.3, 0.4) is 0 Å². The summed E-state index contributed by atoms with van der Waals surface area (Å²) >= 11 is 11.9. The maximum absolute atomic E-state index is 12.2. The van der Waals surface area contributed by atoms with Gasteiger partial charge in [-0.3, -0.25) is 4.79 Å². The van der Waals surface area contributed by atoms with Gasteiger partial charge < -0.3 is 5.32 Å². The largest absolute Gasteiger partial charge is 0.349 e. The molecule has 126 valence electrons. The van der Waals surface area contributed by atoms with Gasteiger partial charge in [-0.1, -0.05) is 29.3 Å². The van der Waals surface area contributed by atoms with E-state index in [4.69, 9.17) is 23.2 Å². The number of carbonyl (C=O) groups excluding carboxylic acids is 1. The summed E-state index contributed by atoms with van der Waals surface area (Å²) < 4.78 is 22.9. The summed E-state index contributed by atoms with van der Waals surface area (Å²) in [6, 6.07) is 11.4. The molecule has 2 aromatic carbocycles. The molecule has 0 heterocycles. The van der Waals surface area contributed by atoms with Crippen molar-refractivity contribution in [3.8, 4) is 0 Å². The molecule has 0 spiro atoms. The highest BCUT2D eigenvalue weighted by atomic mass is 35.5. The topological polar surface area (TPSA) is 63.2 Å². The summed E-state index contributed by atoms with van der Waals surface area (Å²) in [7, 11) is -3.26. The van der Waals surface area contributed by atoms with Crippen LogP contribution in [0.2, 0.25) is 10.0 Å². The van der Waals surface area contributed by atoms with Crippen LogP contribution >= 0.6 is 23.2 Å². The van der Waals surface area contributed by atoms with E-state index < -0.39 is 9.84 Å².